The van der Waals surface area contributed by atoms with Crippen LogP contribution in [0, 0.1) is 5.82 Å². The summed E-state index contributed by atoms with van der Waals surface area (Å²) in [4.78, 5) is 27.3. The monoisotopic (exact) mass is 501 g/mol. The van der Waals surface area contributed by atoms with Gasteiger partial charge in [-0.05, 0) is 43.2 Å². The normalized spacial score (nSPS) is 24.1. The minimum Gasteiger partial charge on any atom is -0.496 e. The summed E-state index contributed by atoms with van der Waals surface area (Å²) in [6.07, 6.45) is -0.274. The van der Waals surface area contributed by atoms with E-state index in [1.165, 1.54) is 24.3 Å². The van der Waals surface area contributed by atoms with Gasteiger partial charge in [-0.25, -0.2) is 9.18 Å². The van der Waals surface area contributed by atoms with Crippen LogP contribution in [-0.2, 0) is 20.8 Å². The number of aliphatic hydroxyl groups excluding tert-OH is 1. The standard InChI is InChI=1S/C26H32FN3O6/c1-34-23-5-3-2-4-17(23)13-28-25(32)12-21-10-11-22-24(36-21)16-35-15-20(31)14-30(22)26(33)29-19-8-6-18(27)7-9-19/h2-9,20-22,24,31H,10-16H2,1H3,(H,28,32)(H,29,33)/t20-,21-,22+,24-/m1/s1. The van der Waals surface area contributed by atoms with Crippen LogP contribution in [0.25, 0.3) is 0 Å². The van der Waals surface area contributed by atoms with Crippen molar-refractivity contribution in [2.75, 3.05) is 32.2 Å². The molecule has 2 aromatic rings. The van der Waals surface area contributed by atoms with Crippen molar-refractivity contribution in [3.8, 4) is 5.75 Å². The molecule has 0 aliphatic carbocycles. The Balaban J connectivity index is 1.35. The molecule has 2 fully saturated rings. The molecule has 4 atom stereocenters. The van der Waals surface area contributed by atoms with E-state index < -0.39 is 24.1 Å². The molecule has 2 aliphatic heterocycles. The van der Waals surface area contributed by atoms with Crippen LogP contribution in [0.5, 0.6) is 5.75 Å². The zero-order valence-corrected chi connectivity index (χ0v) is 20.2. The van der Waals surface area contributed by atoms with Crippen molar-refractivity contribution in [3.63, 3.8) is 0 Å². The number of carbonyl (C=O) groups excluding carboxylic acids is 2. The third kappa shape index (κ3) is 6.71. The average molecular weight is 502 g/mol. The van der Waals surface area contributed by atoms with Crippen LogP contribution in [0.15, 0.2) is 48.5 Å². The first-order valence-corrected chi connectivity index (χ1v) is 12.1. The van der Waals surface area contributed by atoms with E-state index in [0.29, 0.717) is 30.8 Å². The summed E-state index contributed by atoms with van der Waals surface area (Å²) in [5, 5.41) is 16.0. The molecule has 3 amide bonds. The van der Waals surface area contributed by atoms with Crippen molar-refractivity contribution in [1.82, 2.24) is 10.2 Å². The number of hydrogen-bond acceptors (Lipinski definition) is 6. The van der Waals surface area contributed by atoms with Gasteiger partial charge in [0.15, 0.2) is 0 Å². The summed E-state index contributed by atoms with van der Waals surface area (Å²) >= 11 is 0. The molecule has 36 heavy (non-hydrogen) atoms. The molecule has 2 aliphatic rings. The van der Waals surface area contributed by atoms with Crippen molar-refractivity contribution in [1.29, 1.82) is 0 Å². The first kappa shape index (κ1) is 25.9. The van der Waals surface area contributed by atoms with Crippen LogP contribution in [0.2, 0.25) is 0 Å². The average Bonchev–Trinajstić information content (AvgIpc) is 2.87. The van der Waals surface area contributed by atoms with E-state index >= 15 is 0 Å². The molecule has 3 N–H and O–H groups in total. The number of β-amino-alcohol motifs (C(OH)–C–C–N with tert-alkyl or cyclic N) is 1. The third-order valence-corrected chi connectivity index (χ3v) is 6.42. The van der Waals surface area contributed by atoms with Gasteiger partial charge >= 0.3 is 6.03 Å². The molecule has 0 radical (unpaired) electrons. The molecular formula is C26H32FN3O6. The smallest absolute Gasteiger partial charge is 0.322 e. The lowest BCUT2D eigenvalue weighted by Gasteiger charge is -2.44. The van der Waals surface area contributed by atoms with E-state index in [4.69, 9.17) is 14.2 Å². The molecule has 10 heteroatoms. The number of anilines is 1. The van der Waals surface area contributed by atoms with Crippen molar-refractivity contribution >= 4 is 17.6 Å². The Morgan fingerprint density at radius 1 is 1.14 bits per heavy atom. The quantitative estimate of drug-likeness (QED) is 0.562. The summed E-state index contributed by atoms with van der Waals surface area (Å²) in [5.74, 6) is 0.172. The maximum Gasteiger partial charge on any atom is 0.322 e. The molecule has 0 bridgehead atoms. The van der Waals surface area contributed by atoms with E-state index in [0.717, 1.165) is 5.56 Å². The largest absolute Gasteiger partial charge is 0.496 e. The Morgan fingerprint density at radius 2 is 1.92 bits per heavy atom. The summed E-state index contributed by atoms with van der Waals surface area (Å²) in [6.45, 7) is 0.680. The second-order valence-corrected chi connectivity index (χ2v) is 9.01. The third-order valence-electron chi connectivity index (χ3n) is 6.42. The van der Waals surface area contributed by atoms with E-state index in [1.54, 1.807) is 12.0 Å². The first-order chi connectivity index (χ1) is 17.4. The van der Waals surface area contributed by atoms with E-state index in [-0.39, 0.29) is 44.2 Å². The number of nitrogens with zero attached hydrogens (tertiary/aromatic N) is 1. The second kappa shape index (κ2) is 12.2. The van der Waals surface area contributed by atoms with Gasteiger partial charge in [0.25, 0.3) is 0 Å². The zero-order chi connectivity index (χ0) is 25.5. The van der Waals surface area contributed by atoms with Crippen LogP contribution < -0.4 is 15.4 Å². The predicted molar refractivity (Wildman–Crippen MR) is 130 cm³/mol. The van der Waals surface area contributed by atoms with Crippen LogP contribution in [-0.4, -0.2) is 73.2 Å². The van der Waals surface area contributed by atoms with Crippen molar-refractivity contribution in [2.24, 2.45) is 0 Å². The fourth-order valence-corrected chi connectivity index (χ4v) is 4.62. The fourth-order valence-electron chi connectivity index (χ4n) is 4.62. The van der Waals surface area contributed by atoms with E-state index in [9.17, 15) is 19.1 Å². The number of benzene rings is 2. The number of amides is 3. The van der Waals surface area contributed by atoms with Crippen molar-refractivity contribution < 1.29 is 33.3 Å². The minimum atomic E-state index is -0.844. The number of urea groups is 1. The minimum absolute atomic E-state index is 0.0664. The number of methoxy groups -OCH3 is 1. The molecular weight excluding hydrogens is 469 g/mol. The lowest BCUT2D eigenvalue weighted by molar-refractivity contribution is -0.149. The number of fused-ring (bicyclic) bond motifs is 1. The summed E-state index contributed by atoms with van der Waals surface area (Å²) in [7, 11) is 1.59. The molecule has 0 unspecified atom stereocenters. The van der Waals surface area contributed by atoms with Gasteiger partial charge < -0.3 is 34.9 Å². The van der Waals surface area contributed by atoms with Gasteiger partial charge in [-0.3, -0.25) is 4.79 Å². The summed E-state index contributed by atoms with van der Waals surface area (Å²) in [6, 6.07) is 12.2. The number of nitrogens with one attached hydrogen (secondary N) is 2. The molecule has 194 valence electrons. The highest BCUT2D eigenvalue weighted by molar-refractivity contribution is 5.89. The topological polar surface area (TPSA) is 109 Å². The highest BCUT2D eigenvalue weighted by Crippen LogP contribution is 2.28. The maximum atomic E-state index is 13.2. The first-order valence-electron chi connectivity index (χ1n) is 12.1. The Morgan fingerprint density at radius 3 is 2.69 bits per heavy atom. The number of carbonyl (C=O) groups is 2. The lowest BCUT2D eigenvalue weighted by Crippen LogP contribution is -2.58. The van der Waals surface area contributed by atoms with Gasteiger partial charge in [0.1, 0.15) is 17.7 Å². The molecule has 0 saturated carbocycles. The molecule has 0 spiro atoms. The maximum absolute atomic E-state index is 13.2. The molecule has 9 nitrogen and oxygen atoms in total. The van der Waals surface area contributed by atoms with Crippen LogP contribution in [0.3, 0.4) is 0 Å². The Bertz CT molecular complexity index is 1040. The van der Waals surface area contributed by atoms with Crippen molar-refractivity contribution in [2.45, 2.75) is 50.2 Å². The number of rotatable bonds is 6. The molecule has 0 aromatic heterocycles. The van der Waals surface area contributed by atoms with Gasteiger partial charge in [0, 0.05) is 17.8 Å². The number of aliphatic hydroxyl groups is 1. The Kier molecular flexibility index (Phi) is 8.74. The van der Waals surface area contributed by atoms with Gasteiger partial charge in [-0.15, -0.1) is 0 Å². The van der Waals surface area contributed by atoms with Crippen LogP contribution in [0.4, 0.5) is 14.9 Å². The Labute approximate surface area is 209 Å². The van der Waals surface area contributed by atoms with Gasteiger partial charge in [0.2, 0.25) is 5.91 Å². The summed E-state index contributed by atoms with van der Waals surface area (Å²) < 4.78 is 30.4. The predicted octanol–water partition coefficient (Wildman–Crippen LogP) is 2.68. The summed E-state index contributed by atoms with van der Waals surface area (Å²) in [5.41, 5.74) is 1.33. The molecule has 2 heterocycles. The van der Waals surface area contributed by atoms with Gasteiger partial charge in [-0.2, -0.15) is 0 Å². The lowest BCUT2D eigenvalue weighted by atomic mass is 9.95. The number of halogens is 1. The van der Waals surface area contributed by atoms with Crippen LogP contribution in [0.1, 0.15) is 24.8 Å². The number of ether oxygens (including phenoxy) is 3. The molecule has 4 rings (SSSR count). The second-order valence-electron chi connectivity index (χ2n) is 9.01. The van der Waals surface area contributed by atoms with Gasteiger partial charge in [0.05, 0.1) is 51.5 Å². The number of para-hydroxylation sites is 1. The van der Waals surface area contributed by atoms with Gasteiger partial charge in [-0.1, -0.05) is 18.2 Å². The highest BCUT2D eigenvalue weighted by Gasteiger charge is 2.40. The number of hydrogen-bond donors (Lipinski definition) is 3. The SMILES string of the molecule is COc1ccccc1CNC(=O)C[C@H]1CC[C@H]2[C@@H](COC[C@H](O)CN2C(=O)Nc2ccc(F)cc2)O1. The van der Waals surface area contributed by atoms with Crippen LogP contribution >= 0.6 is 0 Å². The molecule has 2 aromatic carbocycles. The van der Waals surface area contributed by atoms with E-state index in [1.807, 2.05) is 24.3 Å². The van der Waals surface area contributed by atoms with Crippen molar-refractivity contribution in [3.05, 3.63) is 59.9 Å². The molecule has 2 saturated heterocycles. The fraction of sp³-hybridized carbons (Fsp3) is 0.462. The zero-order valence-electron chi connectivity index (χ0n) is 20.2. The Hall–Kier alpha value is -3.21. The highest BCUT2D eigenvalue weighted by atomic mass is 19.1. The van der Waals surface area contributed by atoms with E-state index in [2.05, 4.69) is 10.6 Å².